The lowest BCUT2D eigenvalue weighted by molar-refractivity contribution is -0.114. The summed E-state index contributed by atoms with van der Waals surface area (Å²) in [7, 11) is 0. The molecule has 0 spiro atoms. The second-order valence-electron chi connectivity index (χ2n) is 8.85. The van der Waals surface area contributed by atoms with Crippen LogP contribution >= 0.6 is 0 Å². The van der Waals surface area contributed by atoms with Gasteiger partial charge in [0.25, 0.3) is 11.8 Å². The Kier molecular flexibility index (Phi) is 6.36. The first kappa shape index (κ1) is 24.7. The number of fused-ring (bicyclic) bond motifs is 3. The van der Waals surface area contributed by atoms with Gasteiger partial charge in [-0.25, -0.2) is 4.39 Å². The molecule has 0 aliphatic rings. The van der Waals surface area contributed by atoms with Gasteiger partial charge in [0.2, 0.25) is 5.91 Å². The molecule has 7 N–H and O–H groups in total. The van der Waals surface area contributed by atoms with Crippen LogP contribution in [0, 0.1) is 12.7 Å². The molecule has 0 fully saturated rings. The van der Waals surface area contributed by atoms with Crippen LogP contribution in [0.4, 0.5) is 15.8 Å². The van der Waals surface area contributed by atoms with E-state index in [1.165, 1.54) is 24.3 Å². The minimum Gasteiger partial charge on any atom is -0.366 e. The Hall–Kier alpha value is -5.02. The predicted molar refractivity (Wildman–Crippen MR) is 147 cm³/mol. The first-order valence-electron chi connectivity index (χ1n) is 11.8. The van der Waals surface area contributed by atoms with Gasteiger partial charge < -0.3 is 27.1 Å². The zero-order chi connectivity index (χ0) is 27.0. The molecule has 0 saturated heterocycles. The SMILES string of the molecule is Cc1c(NC(=O)c2ccc(F)cc2)cccc1-c1ccc(C(N)=O)c2[nH]c3cc(NC(=O)CN)ccc3c12. The highest BCUT2D eigenvalue weighted by atomic mass is 19.1. The maximum absolute atomic E-state index is 13.3. The molecule has 8 nitrogen and oxygen atoms in total. The minimum absolute atomic E-state index is 0.145. The van der Waals surface area contributed by atoms with Gasteiger partial charge in [0.1, 0.15) is 5.82 Å². The fourth-order valence-corrected chi connectivity index (χ4v) is 4.59. The number of carbonyl (C=O) groups excluding carboxylic acids is 3. The second-order valence-corrected chi connectivity index (χ2v) is 8.85. The number of amides is 3. The molecule has 0 bridgehead atoms. The fourth-order valence-electron chi connectivity index (χ4n) is 4.59. The van der Waals surface area contributed by atoms with E-state index in [2.05, 4.69) is 15.6 Å². The number of primary amides is 1. The second kappa shape index (κ2) is 9.79. The molecule has 0 radical (unpaired) electrons. The summed E-state index contributed by atoms with van der Waals surface area (Å²) in [6, 6.07) is 19.7. The van der Waals surface area contributed by atoms with Crippen LogP contribution in [-0.2, 0) is 4.79 Å². The quantitative estimate of drug-likeness (QED) is 0.226. The number of nitrogens with two attached hydrogens (primary N) is 2. The van der Waals surface area contributed by atoms with Gasteiger partial charge >= 0.3 is 0 Å². The molecular weight excluding hydrogens is 485 g/mol. The van der Waals surface area contributed by atoms with Crippen molar-refractivity contribution in [3.63, 3.8) is 0 Å². The van der Waals surface area contributed by atoms with E-state index in [0.717, 1.165) is 27.5 Å². The van der Waals surface area contributed by atoms with Gasteiger partial charge in [-0.2, -0.15) is 0 Å². The summed E-state index contributed by atoms with van der Waals surface area (Å²) in [5, 5.41) is 7.23. The lowest BCUT2D eigenvalue weighted by Gasteiger charge is -2.15. The minimum atomic E-state index is -0.582. The Labute approximate surface area is 216 Å². The van der Waals surface area contributed by atoms with E-state index in [-0.39, 0.29) is 18.4 Å². The lowest BCUT2D eigenvalue weighted by Crippen LogP contribution is -2.21. The van der Waals surface area contributed by atoms with Crippen molar-refractivity contribution < 1.29 is 18.8 Å². The van der Waals surface area contributed by atoms with Gasteiger partial charge in [-0.3, -0.25) is 14.4 Å². The topological polar surface area (TPSA) is 143 Å². The Bertz CT molecular complexity index is 1740. The first-order chi connectivity index (χ1) is 18.3. The average Bonchev–Trinajstić information content (AvgIpc) is 3.28. The maximum atomic E-state index is 13.3. The number of aromatic nitrogens is 1. The molecule has 0 atom stereocenters. The number of H-pyrrole nitrogens is 1. The third-order valence-corrected chi connectivity index (χ3v) is 6.47. The van der Waals surface area contributed by atoms with Crippen molar-refractivity contribution in [2.75, 3.05) is 17.2 Å². The van der Waals surface area contributed by atoms with Crippen LogP contribution in [-0.4, -0.2) is 29.3 Å². The van der Waals surface area contributed by atoms with Crippen molar-refractivity contribution in [3.05, 3.63) is 95.3 Å². The average molecular weight is 510 g/mol. The van der Waals surface area contributed by atoms with E-state index in [0.29, 0.717) is 33.5 Å². The van der Waals surface area contributed by atoms with Crippen molar-refractivity contribution in [3.8, 4) is 11.1 Å². The van der Waals surface area contributed by atoms with Crippen LogP contribution in [0.3, 0.4) is 0 Å². The van der Waals surface area contributed by atoms with Gasteiger partial charge in [0, 0.05) is 33.2 Å². The molecule has 5 aromatic rings. The molecule has 1 heterocycles. The predicted octanol–water partition coefficient (Wildman–Crippen LogP) is 4.68. The number of benzene rings is 4. The number of halogens is 1. The Morgan fingerprint density at radius 3 is 2.39 bits per heavy atom. The third kappa shape index (κ3) is 4.46. The van der Waals surface area contributed by atoms with E-state index in [1.807, 2.05) is 31.2 Å². The summed E-state index contributed by atoms with van der Waals surface area (Å²) in [6.07, 6.45) is 0. The number of nitrogens with one attached hydrogen (secondary N) is 3. The van der Waals surface area contributed by atoms with Gasteiger partial charge in [-0.05, 0) is 72.1 Å². The van der Waals surface area contributed by atoms with Crippen molar-refractivity contribution in [1.29, 1.82) is 0 Å². The fraction of sp³-hybridized carbons (Fsp3) is 0.0690. The van der Waals surface area contributed by atoms with E-state index in [1.54, 1.807) is 24.3 Å². The maximum Gasteiger partial charge on any atom is 0.255 e. The lowest BCUT2D eigenvalue weighted by atomic mass is 9.93. The first-order valence-corrected chi connectivity index (χ1v) is 11.8. The standard InChI is InChI=1S/C29H24FN5O3/c1-15-19(3-2-4-23(15)35-29(38)16-5-7-17(30)8-6-16)20-11-12-22(28(32)37)27-26(20)21-10-9-18(13-24(21)34-27)33-25(36)14-31/h2-13,34H,14,31H2,1H3,(H2,32,37)(H,33,36)(H,35,38). The van der Waals surface area contributed by atoms with Gasteiger partial charge in [0.05, 0.1) is 17.6 Å². The summed E-state index contributed by atoms with van der Waals surface area (Å²) in [6.45, 7) is 1.74. The van der Waals surface area contributed by atoms with Gasteiger partial charge in [-0.15, -0.1) is 0 Å². The highest BCUT2D eigenvalue weighted by Gasteiger charge is 2.19. The smallest absolute Gasteiger partial charge is 0.255 e. The van der Waals surface area contributed by atoms with Crippen LogP contribution in [0.5, 0.6) is 0 Å². The molecule has 9 heteroatoms. The van der Waals surface area contributed by atoms with Crippen LogP contribution in [0.25, 0.3) is 32.9 Å². The van der Waals surface area contributed by atoms with Crippen molar-refractivity contribution in [2.45, 2.75) is 6.92 Å². The Morgan fingerprint density at radius 1 is 0.921 bits per heavy atom. The van der Waals surface area contributed by atoms with Crippen LogP contribution < -0.4 is 22.1 Å². The van der Waals surface area contributed by atoms with Crippen molar-refractivity contribution >= 4 is 50.9 Å². The summed E-state index contributed by atoms with van der Waals surface area (Å²) >= 11 is 0. The molecule has 190 valence electrons. The number of hydrogen-bond acceptors (Lipinski definition) is 4. The van der Waals surface area contributed by atoms with Crippen molar-refractivity contribution in [2.24, 2.45) is 11.5 Å². The van der Waals surface area contributed by atoms with Gasteiger partial charge in [0.15, 0.2) is 0 Å². The monoisotopic (exact) mass is 509 g/mol. The Morgan fingerprint density at radius 2 is 1.68 bits per heavy atom. The highest BCUT2D eigenvalue weighted by molar-refractivity contribution is 6.20. The molecule has 1 aromatic heterocycles. The third-order valence-electron chi connectivity index (χ3n) is 6.47. The highest BCUT2D eigenvalue weighted by Crippen LogP contribution is 2.39. The van der Waals surface area contributed by atoms with Gasteiger partial charge in [-0.1, -0.05) is 24.3 Å². The number of anilines is 2. The van der Waals surface area contributed by atoms with Crippen LogP contribution in [0.1, 0.15) is 26.3 Å². The Balaban J connectivity index is 1.64. The number of hydrogen-bond donors (Lipinski definition) is 5. The molecular formula is C29H24FN5O3. The molecule has 0 saturated carbocycles. The molecule has 0 aliphatic carbocycles. The van der Waals surface area contributed by atoms with E-state index >= 15 is 0 Å². The van der Waals surface area contributed by atoms with E-state index in [4.69, 9.17) is 11.5 Å². The molecule has 4 aromatic carbocycles. The number of rotatable bonds is 6. The summed E-state index contributed by atoms with van der Waals surface area (Å²) < 4.78 is 13.3. The van der Waals surface area contributed by atoms with E-state index < -0.39 is 11.7 Å². The largest absolute Gasteiger partial charge is 0.366 e. The molecule has 5 rings (SSSR count). The van der Waals surface area contributed by atoms with E-state index in [9.17, 15) is 18.8 Å². The van der Waals surface area contributed by atoms with Crippen molar-refractivity contribution in [1.82, 2.24) is 4.98 Å². The summed E-state index contributed by atoms with van der Waals surface area (Å²) in [5.41, 5.74) is 16.6. The zero-order valence-electron chi connectivity index (χ0n) is 20.4. The van der Waals surface area contributed by atoms with Crippen LogP contribution in [0.15, 0.2) is 72.8 Å². The molecule has 0 aliphatic heterocycles. The van der Waals surface area contributed by atoms with Crippen LogP contribution in [0.2, 0.25) is 0 Å². The number of aromatic amines is 1. The number of carbonyl (C=O) groups is 3. The molecule has 0 unspecified atom stereocenters. The molecule has 38 heavy (non-hydrogen) atoms. The summed E-state index contributed by atoms with van der Waals surface area (Å²) in [5.74, 6) is -1.69. The zero-order valence-corrected chi connectivity index (χ0v) is 20.4. The normalized spacial score (nSPS) is 11.0. The molecule has 3 amide bonds. The summed E-state index contributed by atoms with van der Waals surface area (Å²) in [4.78, 5) is 40.1.